The van der Waals surface area contributed by atoms with Crippen LogP contribution < -0.4 is 5.32 Å². The second kappa shape index (κ2) is 9.61. The van der Waals surface area contributed by atoms with Crippen LogP contribution in [0.25, 0.3) is 5.52 Å². The van der Waals surface area contributed by atoms with E-state index in [2.05, 4.69) is 10.3 Å². The molecule has 9 heteroatoms. The number of hydrogen-bond donors (Lipinski definition) is 1. The van der Waals surface area contributed by atoms with Crippen LogP contribution in [-0.4, -0.2) is 65.0 Å². The monoisotopic (exact) mass is 436 g/mol. The molecule has 0 aliphatic carbocycles. The maximum absolute atomic E-state index is 12.9. The molecule has 32 heavy (non-hydrogen) atoms. The molecule has 3 aromatic heterocycles. The summed E-state index contributed by atoms with van der Waals surface area (Å²) in [4.78, 5) is 44.1. The van der Waals surface area contributed by atoms with Gasteiger partial charge in [-0.3, -0.25) is 14.6 Å². The number of nitrogens with one attached hydrogen (secondary N) is 1. The van der Waals surface area contributed by atoms with Crippen LogP contribution in [0.1, 0.15) is 43.7 Å². The maximum atomic E-state index is 12.9. The van der Waals surface area contributed by atoms with E-state index in [4.69, 9.17) is 9.47 Å². The van der Waals surface area contributed by atoms with Crippen LogP contribution in [0.2, 0.25) is 0 Å². The summed E-state index contributed by atoms with van der Waals surface area (Å²) in [7, 11) is 0. The first kappa shape index (κ1) is 21.5. The molecule has 1 aliphatic heterocycles. The number of carbonyl (C=O) groups is 3. The van der Waals surface area contributed by atoms with Gasteiger partial charge < -0.3 is 24.1 Å². The minimum absolute atomic E-state index is 0.144. The maximum Gasteiger partial charge on any atom is 0.340 e. The molecule has 0 bridgehead atoms. The van der Waals surface area contributed by atoms with E-state index in [0.29, 0.717) is 43.9 Å². The van der Waals surface area contributed by atoms with Crippen molar-refractivity contribution in [3.05, 3.63) is 71.3 Å². The van der Waals surface area contributed by atoms with Gasteiger partial charge in [0.05, 0.1) is 30.9 Å². The van der Waals surface area contributed by atoms with E-state index in [0.717, 1.165) is 5.56 Å². The standard InChI is InChI=1S/C23H24N4O5/c1-2-32-23(30)18-13-20(21(28)25-15-16-4-3-6-24-14-16)27-7-5-17(12-19(18)27)22(29)26-8-10-31-11-9-26/h3-7,12-14H,2,8-11,15H2,1H3,(H,25,28). The van der Waals surface area contributed by atoms with Crippen molar-refractivity contribution in [2.24, 2.45) is 0 Å². The number of ether oxygens (including phenoxy) is 2. The highest BCUT2D eigenvalue weighted by Gasteiger charge is 2.24. The van der Waals surface area contributed by atoms with Crippen molar-refractivity contribution in [1.82, 2.24) is 19.6 Å². The quantitative estimate of drug-likeness (QED) is 0.593. The Bertz CT molecular complexity index is 1140. The first-order chi connectivity index (χ1) is 15.6. The van der Waals surface area contributed by atoms with Gasteiger partial charge in [0.25, 0.3) is 11.8 Å². The summed E-state index contributed by atoms with van der Waals surface area (Å²) in [5.74, 6) is -1.05. The highest BCUT2D eigenvalue weighted by atomic mass is 16.5. The van der Waals surface area contributed by atoms with Crippen LogP contribution in [0, 0.1) is 0 Å². The van der Waals surface area contributed by atoms with Crippen LogP contribution in [0.5, 0.6) is 0 Å². The highest BCUT2D eigenvalue weighted by molar-refractivity contribution is 6.04. The Morgan fingerprint density at radius 3 is 2.72 bits per heavy atom. The molecule has 0 unspecified atom stereocenters. The number of pyridine rings is 2. The fourth-order valence-electron chi connectivity index (χ4n) is 3.60. The highest BCUT2D eigenvalue weighted by Crippen LogP contribution is 2.21. The molecule has 2 amide bonds. The Balaban J connectivity index is 1.66. The Hall–Kier alpha value is -3.72. The third kappa shape index (κ3) is 4.47. The molecule has 1 aliphatic rings. The smallest absolute Gasteiger partial charge is 0.340 e. The molecule has 1 N–H and O–H groups in total. The van der Waals surface area contributed by atoms with Gasteiger partial charge in [0.15, 0.2) is 0 Å². The fourth-order valence-corrected chi connectivity index (χ4v) is 3.60. The van der Waals surface area contributed by atoms with Gasteiger partial charge in [-0.25, -0.2) is 4.79 Å². The van der Waals surface area contributed by atoms with Gasteiger partial charge in [0.1, 0.15) is 5.69 Å². The Morgan fingerprint density at radius 1 is 1.19 bits per heavy atom. The van der Waals surface area contributed by atoms with Crippen molar-refractivity contribution in [3.8, 4) is 0 Å². The van der Waals surface area contributed by atoms with Gasteiger partial charge in [-0.1, -0.05) is 6.07 Å². The summed E-state index contributed by atoms with van der Waals surface area (Å²) < 4.78 is 12.1. The van der Waals surface area contributed by atoms with Gasteiger partial charge in [-0.15, -0.1) is 0 Å². The first-order valence-electron chi connectivity index (χ1n) is 10.4. The summed E-state index contributed by atoms with van der Waals surface area (Å²) in [6.07, 6.45) is 4.96. The van der Waals surface area contributed by atoms with Crippen LogP contribution in [-0.2, 0) is 16.0 Å². The number of rotatable bonds is 6. The lowest BCUT2D eigenvalue weighted by Gasteiger charge is -2.26. The van der Waals surface area contributed by atoms with Crippen molar-refractivity contribution < 1.29 is 23.9 Å². The Morgan fingerprint density at radius 2 is 2.00 bits per heavy atom. The zero-order chi connectivity index (χ0) is 22.5. The first-order valence-corrected chi connectivity index (χ1v) is 10.4. The number of nitrogens with zero attached hydrogens (tertiary/aromatic N) is 3. The number of esters is 1. The summed E-state index contributed by atoms with van der Waals surface area (Å²) in [5, 5.41) is 2.84. The number of amides is 2. The number of carbonyl (C=O) groups excluding carboxylic acids is 3. The molecule has 1 fully saturated rings. The summed E-state index contributed by atoms with van der Waals surface area (Å²) in [6, 6.07) is 8.42. The Labute approximate surface area is 184 Å². The summed E-state index contributed by atoms with van der Waals surface area (Å²) >= 11 is 0. The van der Waals surface area contributed by atoms with Gasteiger partial charge in [-0.05, 0) is 36.8 Å². The van der Waals surface area contributed by atoms with Crippen molar-refractivity contribution in [3.63, 3.8) is 0 Å². The normalized spacial score (nSPS) is 13.7. The van der Waals surface area contributed by atoms with E-state index in [1.165, 1.54) is 6.07 Å². The van der Waals surface area contributed by atoms with E-state index in [-0.39, 0.29) is 29.7 Å². The average Bonchev–Trinajstić information content (AvgIpc) is 3.22. The van der Waals surface area contributed by atoms with Crippen molar-refractivity contribution in [2.75, 3.05) is 32.9 Å². The van der Waals surface area contributed by atoms with E-state index < -0.39 is 5.97 Å². The number of morpholine rings is 1. The van der Waals surface area contributed by atoms with Gasteiger partial charge in [0, 0.05) is 43.8 Å². The predicted octanol–water partition coefficient (Wildman–Crippen LogP) is 1.91. The molecule has 0 spiro atoms. The van der Waals surface area contributed by atoms with Crippen molar-refractivity contribution >= 4 is 23.3 Å². The molecular formula is C23H24N4O5. The van der Waals surface area contributed by atoms with Gasteiger partial charge in [-0.2, -0.15) is 0 Å². The molecule has 4 heterocycles. The zero-order valence-electron chi connectivity index (χ0n) is 17.7. The van der Waals surface area contributed by atoms with Crippen molar-refractivity contribution in [2.45, 2.75) is 13.5 Å². The number of aromatic nitrogens is 2. The van der Waals surface area contributed by atoms with Crippen molar-refractivity contribution in [1.29, 1.82) is 0 Å². The average molecular weight is 436 g/mol. The molecule has 0 saturated carbocycles. The minimum Gasteiger partial charge on any atom is -0.462 e. The minimum atomic E-state index is -0.549. The third-order valence-corrected chi connectivity index (χ3v) is 5.22. The van der Waals surface area contributed by atoms with E-state index in [9.17, 15) is 14.4 Å². The van der Waals surface area contributed by atoms with Gasteiger partial charge >= 0.3 is 5.97 Å². The predicted molar refractivity (Wildman–Crippen MR) is 115 cm³/mol. The SMILES string of the molecule is CCOC(=O)c1cc(C(=O)NCc2cccnc2)n2ccc(C(=O)N3CCOCC3)cc12. The van der Waals surface area contributed by atoms with Crippen LogP contribution in [0.4, 0.5) is 0 Å². The molecule has 166 valence electrons. The molecule has 0 atom stereocenters. The lowest BCUT2D eigenvalue weighted by molar-refractivity contribution is 0.0303. The second-order valence-electron chi connectivity index (χ2n) is 7.28. The topological polar surface area (TPSA) is 102 Å². The van der Waals surface area contributed by atoms with Crippen LogP contribution in [0.3, 0.4) is 0 Å². The van der Waals surface area contributed by atoms with E-state index in [1.807, 2.05) is 6.07 Å². The third-order valence-electron chi connectivity index (χ3n) is 5.22. The lowest BCUT2D eigenvalue weighted by atomic mass is 10.1. The molecule has 0 aromatic carbocycles. The number of hydrogen-bond acceptors (Lipinski definition) is 6. The van der Waals surface area contributed by atoms with Gasteiger partial charge in [0.2, 0.25) is 0 Å². The molecular weight excluding hydrogens is 412 g/mol. The van der Waals surface area contributed by atoms with Crippen LogP contribution >= 0.6 is 0 Å². The molecule has 4 rings (SSSR count). The van der Waals surface area contributed by atoms with E-state index >= 15 is 0 Å². The fraction of sp³-hybridized carbons (Fsp3) is 0.304. The lowest BCUT2D eigenvalue weighted by Crippen LogP contribution is -2.40. The molecule has 1 saturated heterocycles. The van der Waals surface area contributed by atoms with Crippen LogP contribution in [0.15, 0.2) is 48.9 Å². The summed E-state index contributed by atoms with van der Waals surface area (Å²) in [6.45, 7) is 4.22. The molecule has 9 nitrogen and oxygen atoms in total. The Kier molecular flexibility index (Phi) is 6.46. The number of fused-ring (bicyclic) bond motifs is 1. The second-order valence-corrected chi connectivity index (χ2v) is 7.28. The largest absolute Gasteiger partial charge is 0.462 e. The van der Waals surface area contributed by atoms with E-state index in [1.54, 1.807) is 53.0 Å². The summed E-state index contributed by atoms with van der Waals surface area (Å²) in [5.41, 5.74) is 2.23. The molecule has 3 aromatic rings. The molecule has 0 radical (unpaired) electrons. The zero-order valence-corrected chi connectivity index (χ0v) is 17.7.